The van der Waals surface area contributed by atoms with E-state index < -0.39 is 5.54 Å². The lowest BCUT2D eigenvalue weighted by Gasteiger charge is -2.31. The summed E-state index contributed by atoms with van der Waals surface area (Å²) in [6.45, 7) is 2.11. The van der Waals surface area contributed by atoms with E-state index in [0.29, 0.717) is 15.2 Å². The SMILES string of the molecule is C[C@@]1(c2ccc(Cl)cc2)NC(=S)N2[C@H]1NC(=S)N2c1ccccc1. The first-order valence-corrected chi connectivity index (χ1v) is 8.73. The molecule has 2 N–H and O–H groups in total. The van der Waals surface area contributed by atoms with E-state index in [2.05, 4.69) is 17.6 Å². The van der Waals surface area contributed by atoms with E-state index in [1.54, 1.807) is 0 Å². The quantitative estimate of drug-likeness (QED) is 0.784. The van der Waals surface area contributed by atoms with Gasteiger partial charge in [0.15, 0.2) is 16.4 Å². The largest absolute Gasteiger partial charge is 0.348 e. The van der Waals surface area contributed by atoms with Crippen molar-refractivity contribution in [1.29, 1.82) is 0 Å². The van der Waals surface area contributed by atoms with Gasteiger partial charge in [0.1, 0.15) is 5.54 Å². The smallest absolute Gasteiger partial charge is 0.194 e. The van der Waals surface area contributed by atoms with Gasteiger partial charge in [-0.05, 0) is 61.2 Å². The molecule has 2 heterocycles. The van der Waals surface area contributed by atoms with Gasteiger partial charge in [0.2, 0.25) is 0 Å². The van der Waals surface area contributed by atoms with Crippen LogP contribution in [0.15, 0.2) is 54.6 Å². The lowest BCUT2D eigenvalue weighted by Crippen LogP contribution is -2.49. The van der Waals surface area contributed by atoms with Crippen LogP contribution in [0.4, 0.5) is 5.69 Å². The van der Waals surface area contributed by atoms with Crippen LogP contribution in [0.2, 0.25) is 5.02 Å². The summed E-state index contributed by atoms with van der Waals surface area (Å²) in [5, 5.41) is 12.8. The van der Waals surface area contributed by atoms with Gasteiger partial charge in [-0.15, -0.1) is 0 Å². The highest BCUT2D eigenvalue weighted by Crippen LogP contribution is 2.38. The molecule has 2 atom stereocenters. The summed E-state index contributed by atoms with van der Waals surface area (Å²) in [6.07, 6.45) is -0.112. The maximum atomic E-state index is 6.03. The van der Waals surface area contributed by atoms with Gasteiger partial charge in [-0.2, -0.15) is 0 Å². The third kappa shape index (κ3) is 2.25. The zero-order valence-electron chi connectivity index (χ0n) is 12.9. The molecule has 122 valence electrons. The van der Waals surface area contributed by atoms with Crippen LogP contribution in [0, 0.1) is 0 Å². The monoisotopic (exact) mass is 374 g/mol. The minimum Gasteiger partial charge on any atom is -0.348 e. The maximum Gasteiger partial charge on any atom is 0.194 e. The summed E-state index contributed by atoms with van der Waals surface area (Å²) in [5.41, 5.74) is 1.64. The minimum absolute atomic E-state index is 0.112. The summed E-state index contributed by atoms with van der Waals surface area (Å²) in [6, 6.07) is 17.8. The van der Waals surface area contributed by atoms with Crippen molar-refractivity contribution in [3.8, 4) is 0 Å². The van der Waals surface area contributed by atoms with E-state index >= 15 is 0 Å². The Morgan fingerprint density at radius 1 is 1.00 bits per heavy atom. The number of thiocarbonyl (C=S) groups is 2. The molecule has 2 aromatic rings. The van der Waals surface area contributed by atoms with Crippen LogP contribution in [-0.2, 0) is 5.54 Å². The Hall–Kier alpha value is -1.89. The fraction of sp³-hybridized carbons (Fsp3) is 0.176. The molecule has 0 spiro atoms. The number of rotatable bonds is 2. The molecule has 7 heteroatoms. The molecule has 0 bridgehead atoms. The Kier molecular flexibility index (Phi) is 3.63. The number of hydrazine groups is 1. The molecule has 0 radical (unpaired) electrons. The van der Waals surface area contributed by atoms with Crippen LogP contribution in [0.25, 0.3) is 0 Å². The van der Waals surface area contributed by atoms with Crippen molar-refractivity contribution in [1.82, 2.24) is 15.6 Å². The fourth-order valence-corrected chi connectivity index (χ4v) is 4.06. The second-order valence-electron chi connectivity index (χ2n) is 5.98. The predicted octanol–water partition coefficient (Wildman–Crippen LogP) is 3.38. The molecule has 24 heavy (non-hydrogen) atoms. The second kappa shape index (κ2) is 5.58. The van der Waals surface area contributed by atoms with Crippen molar-refractivity contribution in [2.45, 2.75) is 18.6 Å². The van der Waals surface area contributed by atoms with Gasteiger partial charge in [-0.3, -0.25) is 0 Å². The van der Waals surface area contributed by atoms with Gasteiger partial charge in [0.05, 0.1) is 5.69 Å². The van der Waals surface area contributed by atoms with E-state index in [-0.39, 0.29) is 6.17 Å². The van der Waals surface area contributed by atoms with Gasteiger partial charge in [0.25, 0.3) is 0 Å². The van der Waals surface area contributed by atoms with E-state index in [1.807, 2.05) is 64.6 Å². The zero-order valence-corrected chi connectivity index (χ0v) is 15.3. The summed E-state index contributed by atoms with van der Waals surface area (Å²) in [7, 11) is 0. The number of halogens is 1. The van der Waals surface area contributed by atoms with Crippen molar-refractivity contribution in [3.05, 3.63) is 65.2 Å². The van der Waals surface area contributed by atoms with Crippen LogP contribution in [0.3, 0.4) is 0 Å². The lowest BCUT2D eigenvalue weighted by atomic mass is 9.90. The first kappa shape index (κ1) is 15.6. The normalized spacial score (nSPS) is 25.5. The summed E-state index contributed by atoms with van der Waals surface area (Å²) in [4.78, 5) is 0. The van der Waals surface area contributed by atoms with Crippen molar-refractivity contribution in [2.75, 3.05) is 5.01 Å². The number of nitrogens with zero attached hydrogens (tertiary/aromatic N) is 2. The third-order valence-corrected chi connectivity index (χ3v) is 5.31. The fourth-order valence-electron chi connectivity index (χ4n) is 3.23. The zero-order chi connectivity index (χ0) is 16.9. The molecule has 0 amide bonds. The number of para-hydroxylation sites is 1. The van der Waals surface area contributed by atoms with E-state index in [4.69, 9.17) is 36.0 Å². The van der Waals surface area contributed by atoms with Crippen LogP contribution in [0.5, 0.6) is 0 Å². The highest BCUT2D eigenvalue weighted by molar-refractivity contribution is 7.81. The van der Waals surface area contributed by atoms with Crippen LogP contribution >= 0.6 is 36.0 Å². The highest BCUT2D eigenvalue weighted by atomic mass is 35.5. The predicted molar refractivity (Wildman–Crippen MR) is 105 cm³/mol. The lowest BCUT2D eigenvalue weighted by molar-refractivity contribution is 0.264. The Labute approximate surface area is 156 Å². The number of hydrogen-bond acceptors (Lipinski definition) is 2. The van der Waals surface area contributed by atoms with Gasteiger partial charge in [-0.25, -0.2) is 10.0 Å². The van der Waals surface area contributed by atoms with E-state index in [9.17, 15) is 0 Å². The van der Waals surface area contributed by atoms with Crippen LogP contribution in [0.1, 0.15) is 12.5 Å². The van der Waals surface area contributed by atoms with Crippen molar-refractivity contribution in [3.63, 3.8) is 0 Å². The van der Waals surface area contributed by atoms with Crippen molar-refractivity contribution >= 4 is 51.9 Å². The van der Waals surface area contributed by atoms with Gasteiger partial charge in [0, 0.05) is 5.02 Å². The molecule has 2 aliphatic heterocycles. The number of nitrogens with one attached hydrogen (secondary N) is 2. The second-order valence-corrected chi connectivity index (χ2v) is 7.19. The number of fused-ring (bicyclic) bond motifs is 1. The Morgan fingerprint density at radius 3 is 2.33 bits per heavy atom. The molecule has 0 aliphatic carbocycles. The maximum absolute atomic E-state index is 6.03. The Bertz CT molecular complexity index is 811. The third-order valence-electron chi connectivity index (χ3n) is 4.48. The molecule has 2 aromatic carbocycles. The van der Waals surface area contributed by atoms with Crippen molar-refractivity contribution < 1.29 is 0 Å². The molecule has 0 aromatic heterocycles. The molecule has 4 nitrogen and oxygen atoms in total. The molecule has 0 saturated carbocycles. The standard InChI is InChI=1S/C17H15ClN4S2/c1-17(11-7-9-12(18)10-8-11)14-19-15(23)21(22(14)16(24)20-17)13-5-3-2-4-6-13/h2-10,14H,1H3,(H,19,23)(H,20,24)/t14-,17+/m1/s1. The highest BCUT2D eigenvalue weighted by Gasteiger charge is 2.54. The summed E-state index contributed by atoms with van der Waals surface area (Å²) in [5.74, 6) is 0. The van der Waals surface area contributed by atoms with Crippen molar-refractivity contribution in [2.24, 2.45) is 0 Å². The molecule has 2 aliphatic rings. The first-order valence-electron chi connectivity index (χ1n) is 7.54. The Morgan fingerprint density at radius 2 is 1.67 bits per heavy atom. The number of anilines is 1. The molecular formula is C17H15ClN4S2. The molecule has 2 saturated heterocycles. The molecule has 2 fully saturated rings. The first-order chi connectivity index (χ1) is 11.5. The summed E-state index contributed by atoms with van der Waals surface area (Å²) >= 11 is 17.2. The van der Waals surface area contributed by atoms with Gasteiger partial charge in [-0.1, -0.05) is 41.9 Å². The van der Waals surface area contributed by atoms with Crippen LogP contribution < -0.4 is 15.6 Å². The average Bonchev–Trinajstić information content (AvgIpc) is 3.05. The van der Waals surface area contributed by atoms with E-state index in [0.717, 1.165) is 11.3 Å². The average molecular weight is 375 g/mol. The van der Waals surface area contributed by atoms with E-state index in [1.165, 1.54) is 0 Å². The Balaban J connectivity index is 1.75. The molecule has 4 rings (SSSR count). The van der Waals surface area contributed by atoms with Crippen LogP contribution in [-0.4, -0.2) is 21.4 Å². The van der Waals surface area contributed by atoms with Gasteiger partial charge >= 0.3 is 0 Å². The molecule has 0 unspecified atom stereocenters. The topological polar surface area (TPSA) is 30.5 Å². The minimum atomic E-state index is -0.421. The summed E-state index contributed by atoms with van der Waals surface area (Å²) < 4.78 is 0. The van der Waals surface area contributed by atoms with Gasteiger partial charge < -0.3 is 10.6 Å². The number of hydrogen-bond donors (Lipinski definition) is 2. The molecular weight excluding hydrogens is 360 g/mol. The number of benzene rings is 2.